The van der Waals surface area contributed by atoms with Gasteiger partial charge >= 0.3 is 0 Å². The first kappa shape index (κ1) is 20.3. The monoisotopic (exact) mass is 422 g/mol. The largest absolute Gasteiger partial charge is 0.496 e. The SMILES string of the molecule is COc1cc(OCc2ccccc2)c([C@H]2COc3cc(C)ccc3C2)cc1C(=O)Cl. The molecule has 4 nitrogen and oxygen atoms in total. The van der Waals surface area contributed by atoms with Gasteiger partial charge in [0.15, 0.2) is 0 Å². The van der Waals surface area contributed by atoms with E-state index in [0.29, 0.717) is 30.3 Å². The molecule has 0 saturated heterocycles. The van der Waals surface area contributed by atoms with E-state index in [2.05, 4.69) is 18.2 Å². The molecule has 0 aliphatic carbocycles. The van der Waals surface area contributed by atoms with Gasteiger partial charge in [-0.15, -0.1) is 0 Å². The summed E-state index contributed by atoms with van der Waals surface area (Å²) in [5, 5.41) is -0.560. The summed E-state index contributed by atoms with van der Waals surface area (Å²) in [5.41, 5.74) is 4.58. The lowest BCUT2D eigenvalue weighted by Gasteiger charge is -2.28. The van der Waals surface area contributed by atoms with Crippen LogP contribution in [0.4, 0.5) is 0 Å². The Morgan fingerprint density at radius 3 is 2.63 bits per heavy atom. The van der Waals surface area contributed by atoms with E-state index in [9.17, 15) is 4.79 Å². The van der Waals surface area contributed by atoms with Crippen LogP contribution in [0.3, 0.4) is 0 Å². The predicted molar refractivity (Wildman–Crippen MR) is 117 cm³/mol. The van der Waals surface area contributed by atoms with Gasteiger partial charge in [-0.05, 0) is 53.8 Å². The summed E-state index contributed by atoms with van der Waals surface area (Å²) in [4.78, 5) is 12.0. The van der Waals surface area contributed by atoms with E-state index in [1.54, 1.807) is 12.1 Å². The van der Waals surface area contributed by atoms with Crippen LogP contribution in [0.2, 0.25) is 0 Å². The van der Waals surface area contributed by atoms with Gasteiger partial charge in [0.25, 0.3) is 5.24 Å². The topological polar surface area (TPSA) is 44.8 Å². The maximum absolute atomic E-state index is 12.0. The van der Waals surface area contributed by atoms with Crippen LogP contribution in [0.5, 0.6) is 17.2 Å². The number of rotatable bonds is 6. The molecule has 0 spiro atoms. The molecule has 0 radical (unpaired) electrons. The van der Waals surface area contributed by atoms with E-state index in [0.717, 1.165) is 28.9 Å². The molecule has 0 fully saturated rings. The van der Waals surface area contributed by atoms with Gasteiger partial charge < -0.3 is 14.2 Å². The van der Waals surface area contributed by atoms with Crippen LogP contribution in [0.25, 0.3) is 0 Å². The smallest absolute Gasteiger partial charge is 0.256 e. The minimum absolute atomic E-state index is 0.0339. The van der Waals surface area contributed by atoms with Gasteiger partial charge in [-0.25, -0.2) is 0 Å². The first-order valence-electron chi connectivity index (χ1n) is 9.86. The number of benzene rings is 3. The molecular weight excluding hydrogens is 400 g/mol. The van der Waals surface area contributed by atoms with Crippen molar-refractivity contribution in [1.29, 1.82) is 0 Å². The Bertz CT molecular complexity index is 1060. The minimum atomic E-state index is -0.560. The highest BCUT2D eigenvalue weighted by atomic mass is 35.5. The van der Waals surface area contributed by atoms with Crippen molar-refractivity contribution in [3.8, 4) is 17.2 Å². The average Bonchev–Trinajstić information content (AvgIpc) is 2.77. The van der Waals surface area contributed by atoms with Crippen molar-refractivity contribution in [2.45, 2.75) is 25.9 Å². The second-order valence-electron chi connectivity index (χ2n) is 7.46. The Hall–Kier alpha value is -2.98. The molecule has 0 bridgehead atoms. The van der Waals surface area contributed by atoms with Crippen molar-refractivity contribution in [2.75, 3.05) is 13.7 Å². The number of hydrogen-bond donors (Lipinski definition) is 0. The molecule has 1 atom stereocenters. The Kier molecular flexibility index (Phi) is 5.96. The number of aryl methyl sites for hydroxylation is 1. The molecule has 3 aromatic rings. The molecule has 30 heavy (non-hydrogen) atoms. The van der Waals surface area contributed by atoms with Crippen molar-refractivity contribution in [3.05, 3.63) is 88.5 Å². The number of ether oxygens (including phenoxy) is 3. The molecule has 0 unspecified atom stereocenters. The number of methoxy groups -OCH3 is 1. The lowest BCUT2D eigenvalue weighted by Crippen LogP contribution is -2.20. The van der Waals surface area contributed by atoms with Gasteiger partial charge in [0.1, 0.15) is 23.9 Å². The maximum atomic E-state index is 12.0. The Morgan fingerprint density at radius 1 is 1.10 bits per heavy atom. The fourth-order valence-corrected chi connectivity index (χ4v) is 3.91. The fraction of sp³-hybridized carbons (Fsp3) is 0.240. The summed E-state index contributed by atoms with van der Waals surface area (Å²) in [6.07, 6.45) is 0.791. The Balaban J connectivity index is 1.70. The fourth-order valence-electron chi connectivity index (χ4n) is 3.76. The summed E-state index contributed by atoms with van der Waals surface area (Å²) in [7, 11) is 1.52. The third kappa shape index (κ3) is 4.29. The van der Waals surface area contributed by atoms with Gasteiger partial charge in [0, 0.05) is 17.5 Å². The molecule has 1 aliphatic heterocycles. The first-order valence-corrected chi connectivity index (χ1v) is 10.2. The zero-order valence-corrected chi connectivity index (χ0v) is 17.7. The zero-order valence-electron chi connectivity index (χ0n) is 17.0. The summed E-state index contributed by atoms with van der Waals surface area (Å²) >= 11 is 5.83. The summed E-state index contributed by atoms with van der Waals surface area (Å²) in [6, 6.07) is 19.7. The van der Waals surface area contributed by atoms with Crippen LogP contribution < -0.4 is 14.2 Å². The van der Waals surface area contributed by atoms with E-state index >= 15 is 0 Å². The third-order valence-electron chi connectivity index (χ3n) is 5.35. The van der Waals surface area contributed by atoms with E-state index in [4.69, 9.17) is 25.8 Å². The lowest BCUT2D eigenvalue weighted by molar-refractivity contribution is 0.107. The predicted octanol–water partition coefficient (Wildman–Crippen LogP) is 5.68. The van der Waals surface area contributed by atoms with E-state index < -0.39 is 5.24 Å². The van der Waals surface area contributed by atoms with E-state index in [1.807, 2.05) is 37.3 Å². The second-order valence-corrected chi connectivity index (χ2v) is 7.80. The standard InChI is InChI=1S/C25H23ClO4/c1-16-8-9-18-11-19(15-30-22(18)10-16)20-12-21(25(26)27)23(28-2)13-24(20)29-14-17-6-4-3-5-7-17/h3-10,12-13,19H,11,14-15H2,1-2H3/t19-/m1/s1. The number of carbonyl (C=O) groups excluding carboxylic acids is 1. The quantitative estimate of drug-likeness (QED) is 0.479. The molecule has 0 amide bonds. The molecule has 5 heteroatoms. The van der Waals surface area contributed by atoms with Gasteiger partial charge in [-0.2, -0.15) is 0 Å². The average molecular weight is 423 g/mol. The molecule has 0 saturated carbocycles. The van der Waals surface area contributed by atoms with Crippen LogP contribution >= 0.6 is 11.6 Å². The van der Waals surface area contributed by atoms with Gasteiger partial charge in [-0.3, -0.25) is 4.79 Å². The van der Waals surface area contributed by atoms with Crippen LogP contribution in [-0.2, 0) is 13.0 Å². The highest BCUT2D eigenvalue weighted by Crippen LogP contribution is 2.40. The molecule has 154 valence electrons. The third-order valence-corrected chi connectivity index (χ3v) is 5.55. The van der Waals surface area contributed by atoms with Crippen LogP contribution in [0, 0.1) is 6.92 Å². The molecule has 1 aliphatic rings. The molecular formula is C25H23ClO4. The molecule has 3 aromatic carbocycles. The summed E-state index contributed by atoms with van der Waals surface area (Å²) in [5.74, 6) is 2.02. The maximum Gasteiger partial charge on any atom is 0.256 e. The zero-order chi connectivity index (χ0) is 21.1. The van der Waals surface area contributed by atoms with Crippen LogP contribution in [-0.4, -0.2) is 19.0 Å². The molecule has 0 aromatic heterocycles. The Labute approximate surface area is 181 Å². The Morgan fingerprint density at radius 2 is 1.90 bits per heavy atom. The van der Waals surface area contributed by atoms with Crippen molar-refractivity contribution in [2.24, 2.45) is 0 Å². The van der Waals surface area contributed by atoms with Gasteiger partial charge in [0.2, 0.25) is 0 Å². The number of fused-ring (bicyclic) bond motifs is 1. The lowest BCUT2D eigenvalue weighted by atomic mass is 9.88. The molecule has 1 heterocycles. The van der Waals surface area contributed by atoms with Crippen molar-refractivity contribution in [1.82, 2.24) is 0 Å². The van der Waals surface area contributed by atoms with Crippen molar-refractivity contribution in [3.63, 3.8) is 0 Å². The van der Waals surface area contributed by atoms with Gasteiger partial charge in [0.05, 0.1) is 19.3 Å². The molecule has 4 rings (SSSR count). The van der Waals surface area contributed by atoms with Crippen molar-refractivity contribution < 1.29 is 19.0 Å². The van der Waals surface area contributed by atoms with Crippen LogP contribution in [0.1, 0.15) is 38.5 Å². The van der Waals surface area contributed by atoms with Crippen LogP contribution in [0.15, 0.2) is 60.7 Å². The summed E-state index contributed by atoms with van der Waals surface area (Å²) < 4.78 is 17.6. The van der Waals surface area contributed by atoms with Crippen molar-refractivity contribution >= 4 is 16.8 Å². The highest BCUT2D eigenvalue weighted by Gasteiger charge is 2.27. The number of hydrogen-bond acceptors (Lipinski definition) is 4. The second kappa shape index (κ2) is 8.80. The summed E-state index contributed by atoms with van der Waals surface area (Å²) in [6.45, 7) is 2.96. The van der Waals surface area contributed by atoms with E-state index in [-0.39, 0.29) is 5.92 Å². The number of carbonyl (C=O) groups is 1. The highest BCUT2D eigenvalue weighted by molar-refractivity contribution is 6.68. The normalized spacial score (nSPS) is 15.1. The minimum Gasteiger partial charge on any atom is -0.496 e. The number of halogens is 1. The van der Waals surface area contributed by atoms with E-state index in [1.165, 1.54) is 12.7 Å². The molecule has 0 N–H and O–H groups in total. The van der Waals surface area contributed by atoms with Gasteiger partial charge in [-0.1, -0.05) is 42.5 Å². The first-order chi connectivity index (χ1) is 14.5.